The van der Waals surface area contributed by atoms with Crippen LogP contribution >= 0.6 is 0 Å². The minimum Gasteiger partial charge on any atom is -0.383 e. The molecule has 0 unspecified atom stereocenters. The summed E-state index contributed by atoms with van der Waals surface area (Å²) in [5.41, 5.74) is 1.05. The average Bonchev–Trinajstić information content (AvgIpc) is 3.28. The summed E-state index contributed by atoms with van der Waals surface area (Å²) >= 11 is 0. The maximum Gasteiger partial charge on any atom is 0.238 e. The number of hydrogen-bond donors (Lipinski definition) is 1. The number of nitriles is 1. The standard InChI is InChI=1S/C15H19N3O2/c1-20-9-8-18(13-6-7-13)11-15(19)17-14-5-3-2-4-12(14)10-16/h2-5,13H,6-9,11H2,1H3,(H,17,19). The number of rotatable bonds is 7. The minimum absolute atomic E-state index is 0.0873. The van der Waals surface area contributed by atoms with E-state index in [1.165, 1.54) is 0 Å². The molecule has 0 spiro atoms. The molecule has 0 saturated heterocycles. The maximum atomic E-state index is 12.1. The third kappa shape index (κ3) is 4.05. The fourth-order valence-corrected chi connectivity index (χ4v) is 2.10. The number of nitrogens with zero attached hydrogens (tertiary/aromatic N) is 2. The largest absolute Gasteiger partial charge is 0.383 e. The van der Waals surface area contributed by atoms with Gasteiger partial charge < -0.3 is 10.1 Å². The second-order valence-electron chi connectivity index (χ2n) is 4.90. The highest BCUT2D eigenvalue weighted by Gasteiger charge is 2.29. The molecule has 106 valence electrons. The van der Waals surface area contributed by atoms with E-state index in [1.54, 1.807) is 31.4 Å². The molecular formula is C15H19N3O2. The van der Waals surface area contributed by atoms with Gasteiger partial charge in [-0.3, -0.25) is 9.69 Å². The highest BCUT2D eigenvalue weighted by Crippen LogP contribution is 2.26. The maximum absolute atomic E-state index is 12.1. The number of methoxy groups -OCH3 is 1. The van der Waals surface area contributed by atoms with Crippen LogP contribution in [-0.2, 0) is 9.53 Å². The second-order valence-corrected chi connectivity index (χ2v) is 4.90. The molecule has 1 amide bonds. The zero-order chi connectivity index (χ0) is 14.4. The Morgan fingerprint density at radius 1 is 1.50 bits per heavy atom. The van der Waals surface area contributed by atoms with Crippen molar-refractivity contribution in [2.45, 2.75) is 18.9 Å². The van der Waals surface area contributed by atoms with Gasteiger partial charge in [-0.2, -0.15) is 5.26 Å². The molecule has 0 radical (unpaired) electrons. The molecule has 1 aliphatic carbocycles. The predicted molar refractivity (Wildman–Crippen MR) is 76.3 cm³/mol. The Balaban J connectivity index is 1.92. The third-order valence-corrected chi connectivity index (χ3v) is 3.31. The van der Waals surface area contributed by atoms with E-state index in [1.807, 2.05) is 0 Å². The molecule has 5 nitrogen and oxygen atoms in total. The third-order valence-electron chi connectivity index (χ3n) is 3.31. The van der Waals surface area contributed by atoms with Crippen LogP contribution in [0.5, 0.6) is 0 Å². The lowest BCUT2D eigenvalue weighted by atomic mass is 10.2. The van der Waals surface area contributed by atoms with Gasteiger partial charge in [-0.25, -0.2) is 0 Å². The summed E-state index contributed by atoms with van der Waals surface area (Å²) in [6.45, 7) is 1.72. The normalized spacial score (nSPS) is 14.1. The number of amides is 1. The Morgan fingerprint density at radius 2 is 2.25 bits per heavy atom. The average molecular weight is 273 g/mol. The first-order valence-corrected chi connectivity index (χ1v) is 6.76. The Kier molecular flexibility index (Phi) is 5.10. The predicted octanol–water partition coefficient (Wildman–Crippen LogP) is 1.61. The molecule has 0 atom stereocenters. The summed E-state index contributed by atoms with van der Waals surface area (Å²) in [5.74, 6) is -0.0873. The van der Waals surface area contributed by atoms with Gasteiger partial charge in [0.05, 0.1) is 24.4 Å². The topological polar surface area (TPSA) is 65.4 Å². The quantitative estimate of drug-likeness (QED) is 0.819. The lowest BCUT2D eigenvalue weighted by molar-refractivity contribution is -0.117. The fraction of sp³-hybridized carbons (Fsp3) is 0.467. The number of ether oxygens (including phenoxy) is 1. The van der Waals surface area contributed by atoms with E-state index in [0.29, 0.717) is 30.4 Å². The van der Waals surface area contributed by atoms with Crippen molar-refractivity contribution in [2.24, 2.45) is 0 Å². The molecule has 1 aromatic rings. The zero-order valence-corrected chi connectivity index (χ0v) is 11.6. The van der Waals surface area contributed by atoms with E-state index in [9.17, 15) is 4.79 Å². The minimum atomic E-state index is -0.0873. The molecule has 1 aromatic carbocycles. The van der Waals surface area contributed by atoms with Crippen molar-refractivity contribution in [3.63, 3.8) is 0 Å². The first-order valence-electron chi connectivity index (χ1n) is 6.76. The lowest BCUT2D eigenvalue weighted by Gasteiger charge is -2.20. The van der Waals surface area contributed by atoms with Crippen LogP contribution in [0.2, 0.25) is 0 Å². The number of nitrogens with one attached hydrogen (secondary N) is 1. The smallest absolute Gasteiger partial charge is 0.238 e. The Hall–Kier alpha value is -1.90. The number of benzene rings is 1. The second kappa shape index (κ2) is 7.04. The molecular weight excluding hydrogens is 254 g/mol. The SMILES string of the molecule is COCCN(CC(=O)Nc1ccccc1C#N)C1CC1. The van der Waals surface area contributed by atoms with E-state index in [4.69, 9.17) is 10.00 Å². The van der Waals surface area contributed by atoms with Crippen LogP contribution in [0.25, 0.3) is 0 Å². The van der Waals surface area contributed by atoms with Crippen LogP contribution in [0.4, 0.5) is 5.69 Å². The van der Waals surface area contributed by atoms with Crippen molar-refractivity contribution in [2.75, 3.05) is 32.1 Å². The number of anilines is 1. The van der Waals surface area contributed by atoms with Crippen molar-refractivity contribution in [1.82, 2.24) is 4.90 Å². The van der Waals surface area contributed by atoms with Gasteiger partial charge in [0.15, 0.2) is 0 Å². The van der Waals surface area contributed by atoms with Crippen LogP contribution in [0.15, 0.2) is 24.3 Å². The summed E-state index contributed by atoms with van der Waals surface area (Å²) in [5, 5.41) is 11.8. The van der Waals surface area contributed by atoms with E-state index < -0.39 is 0 Å². The van der Waals surface area contributed by atoms with Gasteiger partial charge >= 0.3 is 0 Å². The molecule has 0 bridgehead atoms. The Labute approximate surface area is 119 Å². The Bertz CT molecular complexity index is 506. The van der Waals surface area contributed by atoms with Gasteiger partial charge in [-0.1, -0.05) is 12.1 Å². The molecule has 5 heteroatoms. The summed E-state index contributed by atoms with van der Waals surface area (Å²) in [6, 6.07) is 9.60. The highest BCUT2D eigenvalue weighted by atomic mass is 16.5. The van der Waals surface area contributed by atoms with Gasteiger partial charge in [-0.05, 0) is 25.0 Å². The summed E-state index contributed by atoms with van der Waals surface area (Å²) in [6.07, 6.45) is 2.29. The number of hydrogen-bond acceptors (Lipinski definition) is 4. The van der Waals surface area contributed by atoms with Crippen LogP contribution in [0.3, 0.4) is 0 Å². The molecule has 2 rings (SSSR count). The fourth-order valence-electron chi connectivity index (χ4n) is 2.10. The van der Waals surface area contributed by atoms with Crippen LogP contribution in [0, 0.1) is 11.3 Å². The van der Waals surface area contributed by atoms with Crippen molar-refractivity contribution in [3.05, 3.63) is 29.8 Å². The molecule has 0 aromatic heterocycles. The molecule has 1 fully saturated rings. The molecule has 0 heterocycles. The molecule has 0 aliphatic heterocycles. The van der Waals surface area contributed by atoms with Crippen LogP contribution < -0.4 is 5.32 Å². The van der Waals surface area contributed by atoms with Gasteiger partial charge in [0, 0.05) is 19.7 Å². The van der Waals surface area contributed by atoms with Crippen LogP contribution in [-0.4, -0.2) is 43.7 Å². The van der Waals surface area contributed by atoms with Gasteiger partial charge in [0.1, 0.15) is 6.07 Å². The van der Waals surface area contributed by atoms with Crippen LogP contribution in [0.1, 0.15) is 18.4 Å². The summed E-state index contributed by atoms with van der Waals surface area (Å²) in [7, 11) is 1.66. The molecule has 1 aliphatic rings. The van der Waals surface area contributed by atoms with Crippen molar-refractivity contribution in [3.8, 4) is 6.07 Å². The number of para-hydroxylation sites is 1. The Morgan fingerprint density at radius 3 is 2.90 bits per heavy atom. The molecule has 1 N–H and O–H groups in total. The van der Waals surface area contributed by atoms with Gasteiger partial charge in [0.2, 0.25) is 5.91 Å². The number of carbonyl (C=O) groups is 1. The van der Waals surface area contributed by atoms with Crippen molar-refractivity contribution in [1.29, 1.82) is 5.26 Å². The summed E-state index contributed by atoms with van der Waals surface area (Å²) < 4.78 is 5.07. The van der Waals surface area contributed by atoms with E-state index >= 15 is 0 Å². The van der Waals surface area contributed by atoms with Crippen molar-refractivity contribution >= 4 is 11.6 Å². The van der Waals surface area contributed by atoms with Gasteiger partial charge in [0.25, 0.3) is 0 Å². The van der Waals surface area contributed by atoms with E-state index in [-0.39, 0.29) is 5.91 Å². The molecule has 20 heavy (non-hydrogen) atoms. The molecule has 1 saturated carbocycles. The summed E-state index contributed by atoms with van der Waals surface area (Å²) in [4.78, 5) is 14.2. The number of carbonyl (C=O) groups excluding carboxylic acids is 1. The lowest BCUT2D eigenvalue weighted by Crippen LogP contribution is -2.37. The van der Waals surface area contributed by atoms with E-state index in [2.05, 4.69) is 16.3 Å². The first kappa shape index (κ1) is 14.5. The zero-order valence-electron chi connectivity index (χ0n) is 11.6. The monoisotopic (exact) mass is 273 g/mol. The van der Waals surface area contributed by atoms with Crippen molar-refractivity contribution < 1.29 is 9.53 Å². The first-order chi connectivity index (χ1) is 9.74. The van der Waals surface area contributed by atoms with Gasteiger partial charge in [-0.15, -0.1) is 0 Å². The van der Waals surface area contributed by atoms with E-state index in [0.717, 1.165) is 19.4 Å². The highest BCUT2D eigenvalue weighted by molar-refractivity contribution is 5.93.